The van der Waals surface area contributed by atoms with E-state index in [1.807, 2.05) is 4.90 Å². The van der Waals surface area contributed by atoms with Crippen LogP contribution in [-0.4, -0.2) is 40.3 Å². The van der Waals surface area contributed by atoms with Crippen LogP contribution in [0, 0.1) is 17.0 Å². The summed E-state index contributed by atoms with van der Waals surface area (Å²) >= 11 is 0. The van der Waals surface area contributed by atoms with Gasteiger partial charge < -0.3 is 10.2 Å². The molecule has 0 aliphatic carbocycles. The number of rotatable bonds is 5. The van der Waals surface area contributed by atoms with Gasteiger partial charge >= 0.3 is 0 Å². The third-order valence-electron chi connectivity index (χ3n) is 3.63. The number of piperidine rings is 1. The van der Waals surface area contributed by atoms with E-state index >= 15 is 0 Å². The Labute approximate surface area is 123 Å². The van der Waals surface area contributed by atoms with Crippen LogP contribution in [0.1, 0.15) is 31.2 Å². The highest BCUT2D eigenvalue weighted by Gasteiger charge is 2.16. The number of aryl methyl sites for hydroxylation is 1. The molecule has 0 atom stereocenters. The number of anilines is 1. The van der Waals surface area contributed by atoms with Crippen LogP contribution in [0.15, 0.2) is 12.3 Å². The van der Waals surface area contributed by atoms with Crippen molar-refractivity contribution in [1.82, 2.24) is 9.88 Å². The lowest BCUT2D eigenvalue weighted by molar-refractivity contribution is -0.385. The van der Waals surface area contributed by atoms with E-state index in [1.165, 1.54) is 18.7 Å². The summed E-state index contributed by atoms with van der Waals surface area (Å²) in [5, 5.41) is 13.8. The van der Waals surface area contributed by atoms with E-state index in [0.29, 0.717) is 24.3 Å². The first-order chi connectivity index (χ1) is 10.1. The van der Waals surface area contributed by atoms with Gasteiger partial charge in [0, 0.05) is 37.8 Å². The molecule has 1 aromatic rings. The van der Waals surface area contributed by atoms with Crippen molar-refractivity contribution in [3.05, 3.63) is 27.9 Å². The highest BCUT2D eigenvalue weighted by Crippen LogP contribution is 2.19. The highest BCUT2D eigenvalue weighted by atomic mass is 16.6. The third-order valence-corrected chi connectivity index (χ3v) is 3.63. The molecule has 1 N–H and O–H groups in total. The molecule has 1 aromatic heterocycles. The zero-order chi connectivity index (χ0) is 15.2. The van der Waals surface area contributed by atoms with Gasteiger partial charge in [-0.3, -0.25) is 14.9 Å². The van der Waals surface area contributed by atoms with Crippen LogP contribution in [0.3, 0.4) is 0 Å². The van der Waals surface area contributed by atoms with Crippen molar-refractivity contribution in [3.8, 4) is 0 Å². The number of nitrogens with one attached hydrogen (secondary N) is 1. The molecule has 1 aliphatic heterocycles. The van der Waals surface area contributed by atoms with Gasteiger partial charge in [-0.25, -0.2) is 4.98 Å². The second-order valence-corrected chi connectivity index (χ2v) is 5.23. The normalized spacial score (nSPS) is 14.8. The van der Waals surface area contributed by atoms with E-state index in [4.69, 9.17) is 0 Å². The van der Waals surface area contributed by atoms with Crippen LogP contribution in [0.25, 0.3) is 0 Å². The monoisotopic (exact) mass is 292 g/mol. The van der Waals surface area contributed by atoms with Gasteiger partial charge in [-0.05, 0) is 26.2 Å². The van der Waals surface area contributed by atoms with E-state index in [-0.39, 0.29) is 11.6 Å². The SMILES string of the molecule is Cc1cnc(NCCC(=O)N2CCCCC2)cc1[N+](=O)[O-]. The van der Waals surface area contributed by atoms with E-state index in [0.717, 1.165) is 25.9 Å². The molecular formula is C14H20N4O3. The number of likely N-dealkylation sites (tertiary alicyclic amines) is 1. The molecule has 1 amide bonds. The first kappa shape index (κ1) is 15.2. The highest BCUT2D eigenvalue weighted by molar-refractivity contribution is 5.76. The Kier molecular flexibility index (Phi) is 5.08. The number of nitro groups is 1. The Bertz CT molecular complexity index is 527. The van der Waals surface area contributed by atoms with Crippen molar-refractivity contribution in [2.24, 2.45) is 0 Å². The molecule has 0 bridgehead atoms. The number of carbonyl (C=O) groups is 1. The number of aromatic nitrogens is 1. The van der Waals surface area contributed by atoms with Crippen molar-refractivity contribution in [2.75, 3.05) is 25.0 Å². The second kappa shape index (κ2) is 7.01. The van der Waals surface area contributed by atoms with Gasteiger partial charge in [0.1, 0.15) is 5.82 Å². The van der Waals surface area contributed by atoms with E-state index in [2.05, 4.69) is 10.3 Å². The molecular weight excluding hydrogens is 272 g/mol. The van der Waals surface area contributed by atoms with E-state index < -0.39 is 4.92 Å². The standard InChI is InChI=1S/C14H20N4O3/c1-11-10-16-13(9-12(11)18(20)21)15-6-5-14(19)17-7-3-2-4-8-17/h9-10H,2-8H2,1H3,(H,15,16). The summed E-state index contributed by atoms with van der Waals surface area (Å²) < 4.78 is 0. The van der Waals surface area contributed by atoms with Gasteiger partial charge in [-0.2, -0.15) is 0 Å². The Morgan fingerprint density at radius 1 is 1.43 bits per heavy atom. The lowest BCUT2D eigenvalue weighted by Gasteiger charge is -2.26. The number of carbonyl (C=O) groups excluding carboxylic acids is 1. The summed E-state index contributed by atoms with van der Waals surface area (Å²) in [5.41, 5.74) is 0.560. The molecule has 114 valence electrons. The molecule has 21 heavy (non-hydrogen) atoms. The molecule has 1 fully saturated rings. The Morgan fingerprint density at radius 2 is 2.14 bits per heavy atom. The third kappa shape index (κ3) is 4.14. The average molecular weight is 292 g/mol. The van der Waals surface area contributed by atoms with Crippen molar-refractivity contribution in [1.29, 1.82) is 0 Å². The predicted octanol–water partition coefficient (Wildman–Crippen LogP) is 2.11. The first-order valence-electron chi connectivity index (χ1n) is 7.20. The fourth-order valence-electron chi connectivity index (χ4n) is 2.41. The Hall–Kier alpha value is -2.18. The van der Waals surface area contributed by atoms with Crippen LogP contribution in [-0.2, 0) is 4.79 Å². The fraction of sp³-hybridized carbons (Fsp3) is 0.571. The van der Waals surface area contributed by atoms with Crippen LogP contribution in [0.2, 0.25) is 0 Å². The van der Waals surface area contributed by atoms with Crippen LogP contribution in [0.4, 0.5) is 11.5 Å². The van der Waals surface area contributed by atoms with Crippen molar-refractivity contribution in [2.45, 2.75) is 32.6 Å². The summed E-state index contributed by atoms with van der Waals surface area (Å²) in [4.78, 5) is 28.4. The minimum absolute atomic E-state index is 0.0369. The van der Waals surface area contributed by atoms with Gasteiger partial charge in [-0.1, -0.05) is 0 Å². The van der Waals surface area contributed by atoms with E-state index in [1.54, 1.807) is 6.92 Å². The summed E-state index contributed by atoms with van der Waals surface area (Å²) in [5.74, 6) is 0.558. The number of hydrogen-bond acceptors (Lipinski definition) is 5. The lowest BCUT2D eigenvalue weighted by atomic mass is 10.1. The molecule has 0 aromatic carbocycles. The Morgan fingerprint density at radius 3 is 2.81 bits per heavy atom. The van der Waals surface area contributed by atoms with Crippen LogP contribution < -0.4 is 5.32 Å². The van der Waals surface area contributed by atoms with Gasteiger partial charge in [0.05, 0.1) is 11.0 Å². The molecule has 7 heteroatoms. The largest absolute Gasteiger partial charge is 0.369 e. The minimum atomic E-state index is -0.429. The van der Waals surface area contributed by atoms with Crippen molar-refractivity contribution < 1.29 is 9.72 Å². The van der Waals surface area contributed by atoms with Crippen LogP contribution >= 0.6 is 0 Å². The smallest absolute Gasteiger partial charge is 0.277 e. The van der Waals surface area contributed by atoms with Gasteiger partial charge in [-0.15, -0.1) is 0 Å². The maximum atomic E-state index is 12.0. The number of pyridine rings is 1. The zero-order valence-electron chi connectivity index (χ0n) is 12.2. The summed E-state index contributed by atoms with van der Waals surface area (Å²) in [7, 11) is 0. The van der Waals surface area contributed by atoms with Crippen LogP contribution in [0.5, 0.6) is 0 Å². The molecule has 1 saturated heterocycles. The average Bonchev–Trinajstić information content (AvgIpc) is 2.49. The van der Waals surface area contributed by atoms with E-state index in [9.17, 15) is 14.9 Å². The number of nitrogens with zero attached hydrogens (tertiary/aromatic N) is 3. The molecule has 2 rings (SSSR count). The maximum Gasteiger partial charge on any atom is 0.277 e. The first-order valence-corrected chi connectivity index (χ1v) is 7.20. The predicted molar refractivity (Wildman–Crippen MR) is 79.2 cm³/mol. The molecule has 0 unspecified atom stereocenters. The summed E-state index contributed by atoms with van der Waals surface area (Å²) in [6.07, 6.45) is 5.19. The lowest BCUT2D eigenvalue weighted by Crippen LogP contribution is -2.36. The minimum Gasteiger partial charge on any atom is -0.369 e. The van der Waals surface area contributed by atoms with Gasteiger partial charge in [0.2, 0.25) is 5.91 Å². The Balaban J connectivity index is 1.84. The number of hydrogen-bond donors (Lipinski definition) is 1. The fourth-order valence-corrected chi connectivity index (χ4v) is 2.41. The number of amides is 1. The molecule has 0 spiro atoms. The molecule has 1 aliphatic rings. The summed E-state index contributed by atoms with van der Waals surface area (Å²) in [6, 6.07) is 1.40. The topological polar surface area (TPSA) is 88.4 Å². The quantitative estimate of drug-likeness (QED) is 0.663. The summed E-state index contributed by atoms with van der Waals surface area (Å²) in [6.45, 7) is 3.76. The zero-order valence-corrected chi connectivity index (χ0v) is 12.2. The van der Waals surface area contributed by atoms with Crippen molar-refractivity contribution in [3.63, 3.8) is 0 Å². The molecule has 0 radical (unpaired) electrons. The second-order valence-electron chi connectivity index (χ2n) is 5.23. The van der Waals surface area contributed by atoms with Gasteiger partial charge in [0.25, 0.3) is 5.69 Å². The maximum absolute atomic E-state index is 12.0. The van der Waals surface area contributed by atoms with Crippen molar-refractivity contribution >= 4 is 17.4 Å². The molecule has 2 heterocycles. The van der Waals surface area contributed by atoms with Gasteiger partial charge in [0.15, 0.2) is 0 Å². The molecule has 7 nitrogen and oxygen atoms in total. The molecule has 0 saturated carbocycles.